The molecule has 1 saturated carbocycles. The van der Waals surface area contributed by atoms with Gasteiger partial charge in [0.05, 0.1) is 18.5 Å². The summed E-state index contributed by atoms with van der Waals surface area (Å²) >= 11 is 0. The van der Waals surface area contributed by atoms with Crippen LogP contribution in [0.15, 0.2) is 0 Å². The highest BCUT2D eigenvalue weighted by atomic mass is 32.2. The lowest BCUT2D eigenvalue weighted by molar-refractivity contribution is 0.153. The molecule has 1 aliphatic carbocycles. The first kappa shape index (κ1) is 8.96. The lowest BCUT2D eigenvalue weighted by Crippen LogP contribution is -2.14. The molecule has 0 aromatic rings. The Bertz CT molecular complexity index is 221. The topological polar surface area (TPSA) is 63.6 Å². The van der Waals surface area contributed by atoms with Crippen molar-refractivity contribution in [2.45, 2.75) is 31.5 Å². The molecule has 0 heterocycles. The van der Waals surface area contributed by atoms with Gasteiger partial charge >= 0.3 is 0 Å². The third kappa shape index (κ3) is 3.18. The monoisotopic (exact) mass is 180 g/mol. The van der Waals surface area contributed by atoms with Gasteiger partial charge in [0.1, 0.15) is 0 Å². The molecular formula is C6H12O4S. The summed E-state index contributed by atoms with van der Waals surface area (Å²) in [5.74, 6) is 0. The smallest absolute Gasteiger partial charge is 0.264 e. The zero-order chi connectivity index (χ0) is 8.48. The number of hydrogen-bond donors (Lipinski definition) is 1. The Morgan fingerprint density at radius 2 is 2.09 bits per heavy atom. The number of aliphatic hydroxyl groups excluding tert-OH is 1. The summed E-state index contributed by atoms with van der Waals surface area (Å²) in [5, 5.41) is 9.02. The van der Waals surface area contributed by atoms with Gasteiger partial charge in [-0.25, -0.2) is 0 Å². The summed E-state index contributed by atoms with van der Waals surface area (Å²) in [4.78, 5) is 0. The van der Waals surface area contributed by atoms with Crippen molar-refractivity contribution in [2.24, 2.45) is 0 Å². The van der Waals surface area contributed by atoms with Gasteiger partial charge in [-0.2, -0.15) is 8.42 Å². The van der Waals surface area contributed by atoms with Gasteiger partial charge in [0.15, 0.2) is 0 Å². The van der Waals surface area contributed by atoms with Crippen LogP contribution >= 0.6 is 0 Å². The van der Waals surface area contributed by atoms with E-state index in [0.717, 1.165) is 6.26 Å². The van der Waals surface area contributed by atoms with Crippen LogP contribution in [0, 0.1) is 0 Å². The molecule has 1 N–H and O–H groups in total. The van der Waals surface area contributed by atoms with E-state index in [2.05, 4.69) is 4.18 Å². The molecule has 4 nitrogen and oxygen atoms in total. The fraction of sp³-hybridized carbons (Fsp3) is 1.00. The third-order valence-corrected chi connectivity index (χ3v) is 2.29. The van der Waals surface area contributed by atoms with Gasteiger partial charge in [0.25, 0.3) is 10.1 Å². The number of hydrogen-bond acceptors (Lipinski definition) is 4. The van der Waals surface area contributed by atoms with Crippen LogP contribution < -0.4 is 0 Å². The average Bonchev–Trinajstić information content (AvgIpc) is 2.10. The first-order valence-corrected chi connectivity index (χ1v) is 5.35. The van der Waals surface area contributed by atoms with Crippen LogP contribution in [0.25, 0.3) is 0 Å². The Labute approximate surface area is 66.3 Å². The average molecular weight is 180 g/mol. The standard InChI is InChI=1S/C6H12O4S/c1-11(8,9)10-6-3-2-5(7)4-6/h5-7H,2-4H2,1H3. The largest absolute Gasteiger partial charge is 0.393 e. The minimum Gasteiger partial charge on any atom is -0.393 e. The van der Waals surface area contributed by atoms with Crippen molar-refractivity contribution in [1.29, 1.82) is 0 Å². The minimum atomic E-state index is -3.34. The highest BCUT2D eigenvalue weighted by Crippen LogP contribution is 2.22. The van der Waals surface area contributed by atoms with Crippen LogP contribution in [0.1, 0.15) is 19.3 Å². The van der Waals surface area contributed by atoms with E-state index in [4.69, 9.17) is 5.11 Å². The lowest BCUT2D eigenvalue weighted by Gasteiger charge is -2.07. The summed E-state index contributed by atoms with van der Waals surface area (Å²) in [6.07, 6.45) is 2.04. The summed E-state index contributed by atoms with van der Waals surface area (Å²) in [6.45, 7) is 0. The highest BCUT2D eigenvalue weighted by molar-refractivity contribution is 7.86. The SMILES string of the molecule is CS(=O)(=O)OC1CCC(O)C1. The van der Waals surface area contributed by atoms with Crippen molar-refractivity contribution in [3.63, 3.8) is 0 Å². The molecule has 1 aliphatic rings. The fourth-order valence-electron chi connectivity index (χ4n) is 1.25. The first-order valence-electron chi connectivity index (χ1n) is 3.54. The third-order valence-electron chi connectivity index (χ3n) is 1.67. The summed E-state index contributed by atoms with van der Waals surface area (Å²) < 4.78 is 25.9. The maximum atomic E-state index is 10.6. The van der Waals surface area contributed by atoms with E-state index in [1.165, 1.54) is 0 Å². The normalized spacial score (nSPS) is 32.5. The van der Waals surface area contributed by atoms with Crippen molar-refractivity contribution in [1.82, 2.24) is 0 Å². The molecule has 1 fully saturated rings. The Hall–Kier alpha value is -0.130. The van der Waals surface area contributed by atoms with Crippen LogP contribution in [0.3, 0.4) is 0 Å². The molecule has 2 atom stereocenters. The summed E-state index contributed by atoms with van der Waals surface area (Å²) in [7, 11) is -3.34. The molecule has 0 saturated heterocycles. The van der Waals surface area contributed by atoms with E-state index >= 15 is 0 Å². The van der Waals surface area contributed by atoms with Gasteiger partial charge in [0, 0.05) is 6.42 Å². The fourth-order valence-corrected chi connectivity index (χ4v) is 1.92. The van der Waals surface area contributed by atoms with Crippen LogP contribution in [-0.4, -0.2) is 32.0 Å². The van der Waals surface area contributed by atoms with Crippen LogP contribution in [0.5, 0.6) is 0 Å². The highest BCUT2D eigenvalue weighted by Gasteiger charge is 2.26. The molecule has 0 aliphatic heterocycles. The van der Waals surface area contributed by atoms with Crippen molar-refractivity contribution in [2.75, 3.05) is 6.26 Å². The molecule has 2 unspecified atom stereocenters. The quantitative estimate of drug-likeness (QED) is 0.601. The summed E-state index contributed by atoms with van der Waals surface area (Å²) in [5.41, 5.74) is 0. The molecule has 0 spiro atoms. The molecular weight excluding hydrogens is 168 g/mol. The predicted molar refractivity (Wildman–Crippen MR) is 39.6 cm³/mol. The molecule has 0 bridgehead atoms. The van der Waals surface area contributed by atoms with Crippen molar-refractivity contribution < 1.29 is 17.7 Å². The maximum absolute atomic E-state index is 10.6. The molecule has 66 valence electrons. The number of aliphatic hydroxyl groups is 1. The van der Waals surface area contributed by atoms with Crippen LogP contribution in [0.4, 0.5) is 0 Å². The Balaban J connectivity index is 2.41. The second-order valence-corrected chi connectivity index (χ2v) is 4.49. The molecule has 5 heteroatoms. The van der Waals surface area contributed by atoms with E-state index in [9.17, 15) is 8.42 Å². The second-order valence-electron chi connectivity index (χ2n) is 2.89. The van der Waals surface area contributed by atoms with E-state index in [1.807, 2.05) is 0 Å². The van der Waals surface area contributed by atoms with E-state index in [1.54, 1.807) is 0 Å². The van der Waals surface area contributed by atoms with Gasteiger partial charge in [-0.15, -0.1) is 0 Å². The minimum absolute atomic E-state index is 0.306. The van der Waals surface area contributed by atoms with Gasteiger partial charge in [-0.3, -0.25) is 4.18 Å². The van der Waals surface area contributed by atoms with Gasteiger partial charge < -0.3 is 5.11 Å². The Kier molecular flexibility index (Phi) is 2.51. The molecule has 0 aromatic carbocycles. The van der Waals surface area contributed by atoms with E-state index in [-0.39, 0.29) is 12.2 Å². The van der Waals surface area contributed by atoms with Gasteiger partial charge in [0.2, 0.25) is 0 Å². The molecule has 11 heavy (non-hydrogen) atoms. The van der Waals surface area contributed by atoms with Gasteiger partial charge in [-0.1, -0.05) is 0 Å². The Morgan fingerprint density at radius 1 is 1.45 bits per heavy atom. The van der Waals surface area contributed by atoms with E-state index in [0.29, 0.717) is 19.3 Å². The zero-order valence-electron chi connectivity index (χ0n) is 6.36. The zero-order valence-corrected chi connectivity index (χ0v) is 7.17. The van der Waals surface area contributed by atoms with Crippen LogP contribution in [0.2, 0.25) is 0 Å². The lowest BCUT2D eigenvalue weighted by atomic mass is 10.3. The predicted octanol–water partition coefficient (Wildman–Crippen LogP) is -0.124. The molecule has 0 aromatic heterocycles. The van der Waals surface area contributed by atoms with Crippen molar-refractivity contribution in [3.8, 4) is 0 Å². The van der Waals surface area contributed by atoms with Crippen molar-refractivity contribution in [3.05, 3.63) is 0 Å². The number of rotatable bonds is 2. The summed E-state index contributed by atoms with van der Waals surface area (Å²) in [6, 6.07) is 0. The molecule has 0 amide bonds. The Morgan fingerprint density at radius 3 is 2.45 bits per heavy atom. The maximum Gasteiger partial charge on any atom is 0.264 e. The van der Waals surface area contributed by atoms with Crippen LogP contribution in [-0.2, 0) is 14.3 Å². The second kappa shape index (κ2) is 3.08. The van der Waals surface area contributed by atoms with E-state index < -0.39 is 10.1 Å². The molecule has 0 radical (unpaired) electrons. The van der Waals surface area contributed by atoms with Crippen molar-refractivity contribution >= 4 is 10.1 Å². The van der Waals surface area contributed by atoms with Gasteiger partial charge in [-0.05, 0) is 12.8 Å². The first-order chi connectivity index (χ1) is 4.97. The molecule has 1 rings (SSSR count).